The molecule has 2 aromatic rings. The Morgan fingerprint density at radius 2 is 2.11 bits per heavy atom. The zero-order valence-electron chi connectivity index (χ0n) is 9.56. The molecule has 3 N–H and O–H groups in total. The van der Waals surface area contributed by atoms with Crippen molar-refractivity contribution in [3.63, 3.8) is 0 Å². The SMILES string of the molecule is Nc1cnccc1C(=O)NCc1ccccc1F. The second kappa shape index (κ2) is 5.27. The number of aromatic nitrogens is 1. The van der Waals surface area contributed by atoms with Crippen molar-refractivity contribution in [3.05, 3.63) is 59.7 Å². The Labute approximate surface area is 104 Å². The van der Waals surface area contributed by atoms with Crippen LogP contribution in [0.2, 0.25) is 0 Å². The van der Waals surface area contributed by atoms with Crippen molar-refractivity contribution in [3.8, 4) is 0 Å². The summed E-state index contributed by atoms with van der Waals surface area (Å²) in [6, 6.07) is 7.80. The van der Waals surface area contributed by atoms with E-state index in [4.69, 9.17) is 5.73 Å². The molecular weight excluding hydrogens is 233 g/mol. The third-order valence-electron chi connectivity index (χ3n) is 2.49. The van der Waals surface area contributed by atoms with Gasteiger partial charge < -0.3 is 11.1 Å². The Hall–Kier alpha value is -2.43. The second-order valence-corrected chi connectivity index (χ2v) is 3.74. The Balaban J connectivity index is 2.06. The van der Waals surface area contributed by atoms with Gasteiger partial charge in [-0.1, -0.05) is 18.2 Å². The van der Waals surface area contributed by atoms with Crippen LogP contribution in [0.1, 0.15) is 15.9 Å². The molecule has 4 nitrogen and oxygen atoms in total. The maximum Gasteiger partial charge on any atom is 0.253 e. The largest absolute Gasteiger partial charge is 0.397 e. The third-order valence-corrected chi connectivity index (χ3v) is 2.49. The highest BCUT2D eigenvalue weighted by Crippen LogP contribution is 2.10. The van der Waals surface area contributed by atoms with Gasteiger partial charge in [-0.05, 0) is 12.1 Å². The summed E-state index contributed by atoms with van der Waals surface area (Å²) in [5, 5.41) is 2.61. The minimum atomic E-state index is -0.349. The first-order valence-corrected chi connectivity index (χ1v) is 5.39. The highest BCUT2D eigenvalue weighted by molar-refractivity contribution is 5.98. The van der Waals surface area contributed by atoms with E-state index in [0.29, 0.717) is 16.8 Å². The summed E-state index contributed by atoms with van der Waals surface area (Å²) in [6.45, 7) is 0.118. The Bertz CT molecular complexity index is 572. The number of nitrogens with two attached hydrogens (primary N) is 1. The molecule has 0 saturated carbocycles. The van der Waals surface area contributed by atoms with E-state index in [1.807, 2.05) is 0 Å². The van der Waals surface area contributed by atoms with Crippen molar-refractivity contribution >= 4 is 11.6 Å². The molecule has 0 spiro atoms. The third kappa shape index (κ3) is 2.63. The summed E-state index contributed by atoms with van der Waals surface area (Å²) in [5.74, 6) is -0.696. The quantitative estimate of drug-likeness (QED) is 0.865. The van der Waals surface area contributed by atoms with E-state index in [1.165, 1.54) is 24.5 Å². The number of hydrogen-bond donors (Lipinski definition) is 2. The first kappa shape index (κ1) is 12.0. The predicted octanol–water partition coefficient (Wildman–Crippen LogP) is 1.73. The van der Waals surface area contributed by atoms with Crippen LogP contribution in [-0.2, 0) is 6.54 Å². The molecule has 1 aromatic carbocycles. The molecule has 0 aliphatic rings. The summed E-state index contributed by atoms with van der Waals surface area (Å²) >= 11 is 0. The average molecular weight is 245 g/mol. The molecule has 2 rings (SSSR count). The number of anilines is 1. The fraction of sp³-hybridized carbons (Fsp3) is 0.0769. The lowest BCUT2D eigenvalue weighted by Crippen LogP contribution is -2.24. The topological polar surface area (TPSA) is 68.0 Å². The lowest BCUT2D eigenvalue weighted by molar-refractivity contribution is 0.0951. The van der Waals surface area contributed by atoms with Crippen molar-refractivity contribution in [2.45, 2.75) is 6.54 Å². The molecule has 0 bridgehead atoms. The predicted molar refractivity (Wildman–Crippen MR) is 66.2 cm³/mol. The molecule has 1 amide bonds. The molecule has 5 heteroatoms. The van der Waals surface area contributed by atoms with Crippen molar-refractivity contribution in [1.82, 2.24) is 10.3 Å². The van der Waals surface area contributed by atoms with E-state index in [1.54, 1.807) is 18.2 Å². The van der Waals surface area contributed by atoms with Crippen LogP contribution in [0, 0.1) is 5.82 Å². The number of pyridine rings is 1. The zero-order valence-corrected chi connectivity index (χ0v) is 9.56. The Morgan fingerprint density at radius 1 is 1.33 bits per heavy atom. The van der Waals surface area contributed by atoms with Crippen LogP contribution >= 0.6 is 0 Å². The fourth-order valence-corrected chi connectivity index (χ4v) is 1.53. The van der Waals surface area contributed by atoms with Crippen LogP contribution in [0.25, 0.3) is 0 Å². The van der Waals surface area contributed by atoms with Gasteiger partial charge >= 0.3 is 0 Å². The van der Waals surface area contributed by atoms with Gasteiger partial charge in [-0.15, -0.1) is 0 Å². The van der Waals surface area contributed by atoms with E-state index >= 15 is 0 Å². The number of nitrogens with one attached hydrogen (secondary N) is 1. The highest BCUT2D eigenvalue weighted by atomic mass is 19.1. The molecule has 0 unspecified atom stereocenters. The minimum absolute atomic E-state index is 0.118. The lowest BCUT2D eigenvalue weighted by atomic mass is 10.2. The molecule has 0 fully saturated rings. The lowest BCUT2D eigenvalue weighted by Gasteiger charge is -2.07. The maximum absolute atomic E-state index is 13.3. The number of nitrogens with zero attached hydrogens (tertiary/aromatic N) is 1. The molecule has 1 heterocycles. The minimum Gasteiger partial charge on any atom is -0.397 e. The van der Waals surface area contributed by atoms with Gasteiger partial charge in [0.15, 0.2) is 0 Å². The molecule has 1 aromatic heterocycles. The van der Waals surface area contributed by atoms with Gasteiger partial charge in [-0.3, -0.25) is 9.78 Å². The molecular formula is C13H12FN3O. The van der Waals surface area contributed by atoms with Crippen LogP contribution in [0.4, 0.5) is 10.1 Å². The summed E-state index contributed by atoms with van der Waals surface area (Å²) in [4.78, 5) is 15.6. The van der Waals surface area contributed by atoms with Crippen LogP contribution in [-0.4, -0.2) is 10.9 Å². The fourth-order valence-electron chi connectivity index (χ4n) is 1.53. The number of benzene rings is 1. The molecule has 0 aliphatic carbocycles. The summed E-state index contributed by atoms with van der Waals surface area (Å²) in [7, 11) is 0. The van der Waals surface area contributed by atoms with E-state index < -0.39 is 0 Å². The molecule has 0 atom stereocenters. The second-order valence-electron chi connectivity index (χ2n) is 3.74. The van der Waals surface area contributed by atoms with E-state index in [2.05, 4.69) is 10.3 Å². The van der Waals surface area contributed by atoms with Gasteiger partial charge in [0, 0.05) is 18.3 Å². The van der Waals surface area contributed by atoms with Crippen LogP contribution < -0.4 is 11.1 Å². The molecule has 0 radical (unpaired) electrons. The Morgan fingerprint density at radius 3 is 2.83 bits per heavy atom. The average Bonchev–Trinajstić information content (AvgIpc) is 2.38. The first-order chi connectivity index (χ1) is 8.68. The summed E-state index contributed by atoms with van der Waals surface area (Å²) < 4.78 is 13.3. The molecule has 0 saturated heterocycles. The molecule has 92 valence electrons. The van der Waals surface area contributed by atoms with E-state index in [0.717, 1.165) is 0 Å². The maximum atomic E-state index is 13.3. The first-order valence-electron chi connectivity index (χ1n) is 5.39. The smallest absolute Gasteiger partial charge is 0.253 e. The zero-order chi connectivity index (χ0) is 13.0. The van der Waals surface area contributed by atoms with Crippen LogP contribution in [0.3, 0.4) is 0 Å². The number of rotatable bonds is 3. The standard InChI is InChI=1S/C13H12FN3O/c14-11-4-2-1-3-9(11)7-17-13(18)10-5-6-16-8-12(10)15/h1-6,8H,7,15H2,(H,17,18). The van der Waals surface area contributed by atoms with Gasteiger partial charge in [-0.2, -0.15) is 0 Å². The van der Waals surface area contributed by atoms with Gasteiger partial charge in [0.1, 0.15) is 5.82 Å². The van der Waals surface area contributed by atoms with Crippen molar-refractivity contribution in [2.24, 2.45) is 0 Å². The van der Waals surface area contributed by atoms with Crippen LogP contribution in [0.15, 0.2) is 42.7 Å². The summed E-state index contributed by atoms with van der Waals surface area (Å²) in [6.07, 6.45) is 2.88. The summed E-state index contributed by atoms with van der Waals surface area (Å²) in [5.41, 5.74) is 6.68. The number of carbonyl (C=O) groups excluding carboxylic acids is 1. The van der Waals surface area contributed by atoms with Crippen molar-refractivity contribution < 1.29 is 9.18 Å². The number of carbonyl (C=O) groups is 1. The van der Waals surface area contributed by atoms with Gasteiger partial charge in [-0.25, -0.2) is 4.39 Å². The Kier molecular flexibility index (Phi) is 3.52. The normalized spacial score (nSPS) is 10.1. The number of amides is 1. The van der Waals surface area contributed by atoms with Crippen molar-refractivity contribution in [2.75, 3.05) is 5.73 Å². The number of halogens is 1. The van der Waals surface area contributed by atoms with Gasteiger partial charge in [0.25, 0.3) is 5.91 Å². The monoisotopic (exact) mass is 245 g/mol. The van der Waals surface area contributed by atoms with E-state index in [9.17, 15) is 9.18 Å². The molecule has 0 aliphatic heterocycles. The molecule has 18 heavy (non-hydrogen) atoms. The van der Waals surface area contributed by atoms with Crippen LogP contribution in [0.5, 0.6) is 0 Å². The number of hydrogen-bond acceptors (Lipinski definition) is 3. The van der Waals surface area contributed by atoms with Gasteiger partial charge in [0.05, 0.1) is 17.4 Å². The van der Waals surface area contributed by atoms with E-state index in [-0.39, 0.29) is 18.3 Å². The van der Waals surface area contributed by atoms with Gasteiger partial charge in [0.2, 0.25) is 0 Å². The highest BCUT2D eigenvalue weighted by Gasteiger charge is 2.09. The van der Waals surface area contributed by atoms with Crippen molar-refractivity contribution in [1.29, 1.82) is 0 Å². The number of nitrogen functional groups attached to an aromatic ring is 1.